The Morgan fingerprint density at radius 2 is 1.84 bits per heavy atom. The van der Waals surface area contributed by atoms with Crippen molar-refractivity contribution < 1.29 is 23.9 Å². The van der Waals surface area contributed by atoms with Crippen LogP contribution in [0.3, 0.4) is 0 Å². The van der Waals surface area contributed by atoms with Gasteiger partial charge in [-0.05, 0) is 30.3 Å². The van der Waals surface area contributed by atoms with E-state index in [1.807, 2.05) is 0 Å². The van der Waals surface area contributed by atoms with Crippen molar-refractivity contribution in [1.29, 1.82) is 0 Å². The number of rotatable bonds is 5. The lowest BCUT2D eigenvalue weighted by atomic mass is 10.2. The van der Waals surface area contributed by atoms with Gasteiger partial charge in [0, 0.05) is 10.7 Å². The molecule has 0 aliphatic heterocycles. The minimum atomic E-state index is -0.820. The summed E-state index contributed by atoms with van der Waals surface area (Å²) in [7, 11) is 1.41. The van der Waals surface area contributed by atoms with E-state index >= 15 is 0 Å². The normalized spacial score (nSPS) is 10.0. The Labute approximate surface area is 148 Å². The van der Waals surface area contributed by atoms with Gasteiger partial charge in [0.1, 0.15) is 5.75 Å². The van der Waals surface area contributed by atoms with Gasteiger partial charge < -0.3 is 15.2 Å². The molecule has 7 nitrogen and oxygen atoms in total. The van der Waals surface area contributed by atoms with E-state index in [0.29, 0.717) is 10.8 Å². The summed E-state index contributed by atoms with van der Waals surface area (Å²) in [5.41, 5.74) is 6.05. The maximum atomic E-state index is 12.1. The van der Waals surface area contributed by atoms with Gasteiger partial charge in [-0.2, -0.15) is 0 Å². The van der Waals surface area contributed by atoms with Crippen molar-refractivity contribution in [3.05, 3.63) is 58.6 Å². The largest absolute Gasteiger partial charge is 0.496 e. The number of carbonyl (C=O) groups excluding carboxylic acids is 3. The summed E-state index contributed by atoms with van der Waals surface area (Å²) in [5.74, 6) is -1.96. The fourth-order valence-corrected chi connectivity index (χ4v) is 2.15. The number of hydrogen-bond donors (Lipinski definition) is 2. The van der Waals surface area contributed by atoms with Crippen LogP contribution in [0.2, 0.25) is 5.02 Å². The van der Waals surface area contributed by atoms with Crippen LogP contribution in [-0.2, 0) is 9.53 Å². The molecule has 0 atom stereocenters. The number of amides is 2. The van der Waals surface area contributed by atoms with Crippen LogP contribution in [0.15, 0.2) is 42.5 Å². The molecule has 2 rings (SSSR count). The highest BCUT2D eigenvalue weighted by molar-refractivity contribution is 6.31. The van der Waals surface area contributed by atoms with E-state index in [2.05, 4.69) is 5.32 Å². The molecule has 0 aromatic heterocycles. The summed E-state index contributed by atoms with van der Waals surface area (Å²) in [4.78, 5) is 35.8. The predicted molar refractivity (Wildman–Crippen MR) is 91.6 cm³/mol. The zero-order chi connectivity index (χ0) is 18.4. The number of benzene rings is 2. The molecule has 0 aliphatic rings. The zero-order valence-electron chi connectivity index (χ0n) is 13.2. The molecule has 2 aromatic rings. The van der Waals surface area contributed by atoms with E-state index in [-0.39, 0.29) is 16.8 Å². The van der Waals surface area contributed by atoms with E-state index in [1.54, 1.807) is 18.2 Å². The lowest BCUT2D eigenvalue weighted by molar-refractivity contribution is -0.123. The third kappa shape index (κ3) is 4.71. The molecule has 2 amide bonds. The van der Waals surface area contributed by atoms with Gasteiger partial charge in [0.15, 0.2) is 6.61 Å². The average Bonchev–Trinajstić information content (AvgIpc) is 2.61. The number of nitrogens with one attached hydrogen (secondary N) is 1. The van der Waals surface area contributed by atoms with Crippen molar-refractivity contribution in [3.63, 3.8) is 0 Å². The highest BCUT2D eigenvalue weighted by Crippen LogP contribution is 2.19. The standard InChI is InChI=1S/C17H15ClN2O5/c1-24-14-5-3-2-4-11(14)16(22)20-15(21)9-25-17(23)12-8-10(18)6-7-13(12)19/h2-8H,9,19H2,1H3,(H,20,21,22). The summed E-state index contributed by atoms with van der Waals surface area (Å²) in [6.07, 6.45) is 0. The first-order chi connectivity index (χ1) is 11.9. The van der Waals surface area contributed by atoms with Crippen molar-refractivity contribution in [1.82, 2.24) is 5.32 Å². The van der Waals surface area contributed by atoms with Crippen molar-refractivity contribution >= 4 is 35.1 Å². The van der Waals surface area contributed by atoms with Gasteiger partial charge >= 0.3 is 5.97 Å². The lowest BCUT2D eigenvalue weighted by Crippen LogP contribution is -2.34. The summed E-state index contributed by atoms with van der Waals surface area (Å²) >= 11 is 5.79. The number of ether oxygens (including phenoxy) is 2. The maximum absolute atomic E-state index is 12.1. The number of hydrogen-bond acceptors (Lipinski definition) is 6. The third-order valence-corrected chi connectivity index (χ3v) is 3.41. The molecule has 0 heterocycles. The number of halogens is 1. The Morgan fingerprint density at radius 1 is 1.12 bits per heavy atom. The van der Waals surface area contributed by atoms with Gasteiger partial charge in [0.25, 0.3) is 11.8 Å². The van der Waals surface area contributed by atoms with Crippen molar-refractivity contribution in [3.8, 4) is 5.75 Å². The van der Waals surface area contributed by atoms with Crippen LogP contribution < -0.4 is 15.8 Å². The lowest BCUT2D eigenvalue weighted by Gasteiger charge is -2.09. The first-order valence-electron chi connectivity index (χ1n) is 7.11. The van der Waals surface area contributed by atoms with Gasteiger partial charge in [-0.15, -0.1) is 0 Å². The molecular weight excluding hydrogens is 348 g/mol. The average molecular weight is 363 g/mol. The molecule has 0 saturated heterocycles. The first kappa shape index (κ1) is 18.3. The number of nitrogen functional groups attached to an aromatic ring is 1. The minimum absolute atomic E-state index is 0.0383. The van der Waals surface area contributed by atoms with Gasteiger partial charge in [0.2, 0.25) is 0 Å². The van der Waals surface area contributed by atoms with Crippen LogP contribution in [0.25, 0.3) is 0 Å². The Kier molecular flexibility index (Phi) is 5.97. The summed E-state index contributed by atoms with van der Waals surface area (Å²) in [6.45, 7) is -0.647. The van der Waals surface area contributed by atoms with Crippen LogP contribution in [-0.4, -0.2) is 31.5 Å². The second kappa shape index (κ2) is 8.16. The third-order valence-electron chi connectivity index (χ3n) is 3.17. The summed E-state index contributed by atoms with van der Waals surface area (Å²) < 4.78 is 9.89. The topological polar surface area (TPSA) is 108 Å². The molecule has 8 heteroatoms. The van der Waals surface area contributed by atoms with Gasteiger partial charge in [-0.25, -0.2) is 4.79 Å². The quantitative estimate of drug-likeness (QED) is 0.622. The molecule has 0 spiro atoms. The Morgan fingerprint density at radius 3 is 2.56 bits per heavy atom. The number of carbonyl (C=O) groups is 3. The molecule has 0 unspecified atom stereocenters. The number of imide groups is 1. The second-order valence-corrected chi connectivity index (χ2v) is 5.32. The molecule has 130 valence electrons. The predicted octanol–water partition coefficient (Wildman–Crippen LogP) is 2.04. The number of anilines is 1. The Bertz CT molecular complexity index is 822. The summed E-state index contributed by atoms with van der Waals surface area (Å²) in [6, 6.07) is 10.7. The fourth-order valence-electron chi connectivity index (χ4n) is 1.98. The maximum Gasteiger partial charge on any atom is 0.340 e. The molecule has 25 heavy (non-hydrogen) atoms. The van der Waals surface area contributed by atoms with Crippen LogP contribution in [0.1, 0.15) is 20.7 Å². The van der Waals surface area contributed by atoms with Gasteiger partial charge in [-0.3, -0.25) is 14.9 Å². The van der Waals surface area contributed by atoms with Crippen molar-refractivity contribution in [2.24, 2.45) is 0 Å². The van der Waals surface area contributed by atoms with Crippen LogP contribution in [0.4, 0.5) is 5.69 Å². The molecule has 2 aromatic carbocycles. The van der Waals surface area contributed by atoms with Crippen LogP contribution in [0.5, 0.6) is 5.75 Å². The van der Waals surface area contributed by atoms with Crippen molar-refractivity contribution in [2.75, 3.05) is 19.5 Å². The van der Waals surface area contributed by atoms with Crippen LogP contribution in [0, 0.1) is 0 Å². The van der Waals surface area contributed by atoms with E-state index in [1.165, 1.54) is 31.4 Å². The van der Waals surface area contributed by atoms with E-state index in [9.17, 15) is 14.4 Å². The number of nitrogens with two attached hydrogens (primary N) is 1. The minimum Gasteiger partial charge on any atom is -0.496 e. The van der Waals surface area contributed by atoms with E-state index in [4.69, 9.17) is 26.8 Å². The van der Waals surface area contributed by atoms with Crippen molar-refractivity contribution in [2.45, 2.75) is 0 Å². The van der Waals surface area contributed by atoms with Gasteiger partial charge in [-0.1, -0.05) is 23.7 Å². The Hall–Kier alpha value is -3.06. The zero-order valence-corrected chi connectivity index (χ0v) is 14.0. The SMILES string of the molecule is COc1ccccc1C(=O)NC(=O)COC(=O)c1cc(Cl)ccc1N. The molecule has 0 saturated carbocycles. The molecule has 0 aliphatic carbocycles. The van der Waals surface area contributed by atoms with E-state index < -0.39 is 24.4 Å². The molecule has 0 bridgehead atoms. The number of methoxy groups -OCH3 is 1. The molecule has 0 radical (unpaired) electrons. The highest BCUT2D eigenvalue weighted by Gasteiger charge is 2.17. The summed E-state index contributed by atoms with van der Waals surface area (Å²) in [5, 5.41) is 2.41. The van der Waals surface area contributed by atoms with Gasteiger partial charge in [0.05, 0.1) is 18.2 Å². The molecular formula is C17H15ClN2O5. The monoisotopic (exact) mass is 362 g/mol. The second-order valence-electron chi connectivity index (χ2n) is 4.89. The number of esters is 1. The smallest absolute Gasteiger partial charge is 0.340 e. The number of para-hydroxylation sites is 1. The fraction of sp³-hybridized carbons (Fsp3) is 0.118. The first-order valence-corrected chi connectivity index (χ1v) is 7.49. The highest BCUT2D eigenvalue weighted by atomic mass is 35.5. The molecule has 3 N–H and O–H groups in total. The van der Waals surface area contributed by atoms with E-state index in [0.717, 1.165) is 0 Å². The van der Waals surface area contributed by atoms with Crippen LogP contribution >= 0.6 is 11.6 Å². The Balaban J connectivity index is 1.95. The molecule has 0 fully saturated rings.